The van der Waals surface area contributed by atoms with Crippen molar-refractivity contribution >= 4 is 5.69 Å². The summed E-state index contributed by atoms with van der Waals surface area (Å²) in [6.07, 6.45) is 1.60. The van der Waals surface area contributed by atoms with Crippen molar-refractivity contribution in [1.82, 2.24) is 0 Å². The molecule has 1 rings (SSSR count). The molecule has 0 aliphatic rings. The van der Waals surface area contributed by atoms with Crippen molar-refractivity contribution in [2.75, 3.05) is 5.73 Å². The van der Waals surface area contributed by atoms with Crippen LogP contribution in [0.4, 0.5) is 14.5 Å². The molecule has 14 heavy (non-hydrogen) atoms. The first-order valence-electron chi connectivity index (χ1n) is 4.84. The minimum atomic E-state index is -0.534. The quantitative estimate of drug-likeness (QED) is 0.741. The van der Waals surface area contributed by atoms with Crippen LogP contribution in [0.3, 0.4) is 0 Å². The summed E-state index contributed by atoms with van der Waals surface area (Å²) in [5.74, 6) is -0.865. The highest BCUT2D eigenvalue weighted by atomic mass is 19.1. The van der Waals surface area contributed by atoms with Gasteiger partial charge in [0.25, 0.3) is 0 Å². The smallest absolute Gasteiger partial charge is 0.146 e. The maximum absolute atomic E-state index is 13.4. The van der Waals surface area contributed by atoms with Gasteiger partial charge in [-0.3, -0.25) is 0 Å². The lowest BCUT2D eigenvalue weighted by molar-refractivity contribution is 0.545. The van der Waals surface area contributed by atoms with Gasteiger partial charge in [-0.25, -0.2) is 8.78 Å². The van der Waals surface area contributed by atoms with Crippen LogP contribution in [-0.4, -0.2) is 0 Å². The zero-order valence-electron chi connectivity index (χ0n) is 8.48. The molecule has 0 spiro atoms. The maximum atomic E-state index is 13.4. The monoisotopic (exact) mass is 199 g/mol. The molecule has 0 saturated carbocycles. The molecule has 0 atom stereocenters. The summed E-state index contributed by atoms with van der Waals surface area (Å²) >= 11 is 0. The molecular formula is C11H15F2N. The summed E-state index contributed by atoms with van der Waals surface area (Å²) in [4.78, 5) is 0. The van der Waals surface area contributed by atoms with Crippen LogP contribution in [0.1, 0.15) is 38.2 Å². The Morgan fingerprint density at radius 1 is 1.14 bits per heavy atom. The lowest BCUT2D eigenvalue weighted by Gasteiger charge is -2.14. The molecule has 0 amide bonds. The van der Waals surface area contributed by atoms with Gasteiger partial charge in [-0.1, -0.05) is 13.8 Å². The van der Waals surface area contributed by atoms with E-state index in [-0.39, 0.29) is 11.6 Å². The Kier molecular flexibility index (Phi) is 3.44. The molecule has 2 N–H and O–H groups in total. The molecule has 0 bridgehead atoms. The third-order valence-corrected chi connectivity index (χ3v) is 2.54. The minimum Gasteiger partial charge on any atom is -0.396 e. The first-order chi connectivity index (χ1) is 6.60. The molecule has 3 heteroatoms. The van der Waals surface area contributed by atoms with E-state index in [0.717, 1.165) is 18.9 Å². The van der Waals surface area contributed by atoms with Crippen molar-refractivity contribution in [2.24, 2.45) is 0 Å². The molecule has 0 unspecified atom stereocenters. The highest BCUT2D eigenvalue weighted by Gasteiger charge is 2.14. The zero-order chi connectivity index (χ0) is 10.7. The molecule has 0 radical (unpaired) electrons. The van der Waals surface area contributed by atoms with Gasteiger partial charge in [0.2, 0.25) is 0 Å². The van der Waals surface area contributed by atoms with Gasteiger partial charge < -0.3 is 5.73 Å². The first kappa shape index (κ1) is 11.0. The van der Waals surface area contributed by atoms with Gasteiger partial charge >= 0.3 is 0 Å². The van der Waals surface area contributed by atoms with E-state index in [0.29, 0.717) is 5.56 Å². The van der Waals surface area contributed by atoms with Crippen molar-refractivity contribution in [1.29, 1.82) is 0 Å². The van der Waals surface area contributed by atoms with E-state index in [1.165, 1.54) is 6.07 Å². The third kappa shape index (κ3) is 2.03. The molecule has 1 nitrogen and oxygen atoms in total. The molecule has 0 aromatic heterocycles. The normalized spacial score (nSPS) is 10.9. The number of anilines is 1. The molecular weight excluding hydrogens is 184 g/mol. The Morgan fingerprint density at radius 2 is 1.71 bits per heavy atom. The number of rotatable bonds is 3. The van der Waals surface area contributed by atoms with Crippen LogP contribution in [0.5, 0.6) is 0 Å². The van der Waals surface area contributed by atoms with Crippen molar-refractivity contribution in [2.45, 2.75) is 32.6 Å². The minimum absolute atomic E-state index is 0.0742. The van der Waals surface area contributed by atoms with E-state index in [2.05, 4.69) is 0 Å². The Morgan fingerprint density at radius 3 is 2.21 bits per heavy atom. The lowest BCUT2D eigenvalue weighted by atomic mass is 9.93. The van der Waals surface area contributed by atoms with Gasteiger partial charge in [-0.15, -0.1) is 0 Å². The van der Waals surface area contributed by atoms with Gasteiger partial charge in [0.15, 0.2) is 0 Å². The molecule has 1 aromatic rings. The van der Waals surface area contributed by atoms with E-state index in [1.807, 2.05) is 13.8 Å². The van der Waals surface area contributed by atoms with E-state index in [9.17, 15) is 8.78 Å². The predicted octanol–water partition coefficient (Wildman–Crippen LogP) is 3.45. The number of nitrogens with two attached hydrogens (primary N) is 1. The SMILES string of the molecule is CCC(CC)c1cc(F)c(N)cc1F. The highest BCUT2D eigenvalue weighted by Crippen LogP contribution is 2.28. The Bertz CT molecular complexity index is 319. The highest BCUT2D eigenvalue weighted by molar-refractivity contribution is 5.43. The van der Waals surface area contributed by atoms with Crippen molar-refractivity contribution < 1.29 is 8.78 Å². The van der Waals surface area contributed by atoms with Gasteiger partial charge in [0, 0.05) is 6.07 Å². The number of benzene rings is 1. The summed E-state index contributed by atoms with van der Waals surface area (Å²) in [5.41, 5.74) is 5.56. The van der Waals surface area contributed by atoms with Crippen LogP contribution in [0.25, 0.3) is 0 Å². The van der Waals surface area contributed by atoms with Crippen LogP contribution >= 0.6 is 0 Å². The fourth-order valence-corrected chi connectivity index (χ4v) is 1.62. The number of hydrogen-bond acceptors (Lipinski definition) is 1. The Labute approximate surface area is 82.9 Å². The largest absolute Gasteiger partial charge is 0.396 e. The van der Waals surface area contributed by atoms with Crippen LogP contribution < -0.4 is 5.73 Å². The Hall–Kier alpha value is -1.12. The second-order valence-corrected chi connectivity index (χ2v) is 3.41. The second kappa shape index (κ2) is 4.40. The van der Waals surface area contributed by atoms with E-state index < -0.39 is 11.6 Å². The van der Waals surface area contributed by atoms with Crippen LogP contribution in [0.2, 0.25) is 0 Å². The molecule has 0 heterocycles. The average Bonchev–Trinajstić information content (AvgIpc) is 2.15. The van der Waals surface area contributed by atoms with Crippen LogP contribution in [0, 0.1) is 11.6 Å². The molecule has 0 aliphatic heterocycles. The van der Waals surface area contributed by atoms with E-state index in [1.54, 1.807) is 0 Å². The standard InChI is InChI=1S/C11H15F2N/c1-3-7(4-2)8-5-10(13)11(14)6-9(8)12/h5-7H,3-4,14H2,1-2H3. The summed E-state index contributed by atoms with van der Waals surface area (Å²) in [7, 11) is 0. The van der Waals surface area contributed by atoms with Gasteiger partial charge in [0.1, 0.15) is 11.6 Å². The number of halogens is 2. The predicted molar refractivity (Wildman–Crippen MR) is 54.1 cm³/mol. The van der Waals surface area contributed by atoms with Crippen LogP contribution in [0.15, 0.2) is 12.1 Å². The summed E-state index contributed by atoms with van der Waals surface area (Å²) < 4.78 is 26.5. The van der Waals surface area contributed by atoms with Crippen LogP contribution in [-0.2, 0) is 0 Å². The molecule has 1 aromatic carbocycles. The van der Waals surface area contributed by atoms with E-state index >= 15 is 0 Å². The molecule has 78 valence electrons. The van der Waals surface area contributed by atoms with Gasteiger partial charge in [-0.2, -0.15) is 0 Å². The van der Waals surface area contributed by atoms with Crippen molar-refractivity contribution in [3.8, 4) is 0 Å². The summed E-state index contributed by atoms with van der Waals surface area (Å²) in [6, 6.07) is 2.27. The van der Waals surface area contributed by atoms with Crippen molar-refractivity contribution in [3.05, 3.63) is 29.3 Å². The lowest BCUT2D eigenvalue weighted by Crippen LogP contribution is -2.02. The van der Waals surface area contributed by atoms with Gasteiger partial charge in [-0.05, 0) is 30.4 Å². The van der Waals surface area contributed by atoms with E-state index in [4.69, 9.17) is 5.73 Å². The first-order valence-corrected chi connectivity index (χ1v) is 4.84. The van der Waals surface area contributed by atoms with Crippen molar-refractivity contribution in [3.63, 3.8) is 0 Å². The number of hydrogen-bond donors (Lipinski definition) is 1. The summed E-state index contributed by atoms with van der Waals surface area (Å²) in [6.45, 7) is 3.92. The maximum Gasteiger partial charge on any atom is 0.146 e. The third-order valence-electron chi connectivity index (χ3n) is 2.54. The fraction of sp³-hybridized carbons (Fsp3) is 0.455. The summed E-state index contributed by atoms with van der Waals surface area (Å²) in [5, 5.41) is 0. The molecule has 0 aliphatic carbocycles. The Balaban J connectivity index is 3.14. The zero-order valence-corrected chi connectivity index (χ0v) is 8.48. The van der Waals surface area contributed by atoms with Gasteiger partial charge in [0.05, 0.1) is 5.69 Å². The second-order valence-electron chi connectivity index (χ2n) is 3.41. The average molecular weight is 199 g/mol. The fourth-order valence-electron chi connectivity index (χ4n) is 1.62. The topological polar surface area (TPSA) is 26.0 Å². The molecule has 0 fully saturated rings. The number of nitrogen functional groups attached to an aromatic ring is 1. The molecule has 0 saturated heterocycles.